The number of nitrogens with zero attached hydrogens (tertiary/aromatic N) is 3. The predicted molar refractivity (Wildman–Crippen MR) is 244 cm³/mol. The predicted octanol–water partition coefficient (Wildman–Crippen LogP) is 14.7. The minimum Gasteiger partial charge on any atom is -0.455 e. The van der Waals surface area contributed by atoms with Crippen LogP contribution in [0.15, 0.2) is 205 Å². The molecule has 0 saturated heterocycles. The molecule has 274 valence electrons. The highest BCUT2D eigenvalue weighted by atomic mass is 16.3. The zero-order valence-electron chi connectivity index (χ0n) is 31.8. The number of benzene rings is 10. The van der Waals surface area contributed by atoms with Crippen LogP contribution in [0.4, 0.5) is 0 Å². The minimum atomic E-state index is 0.631. The molecule has 0 aliphatic carbocycles. The molecular weight excluding hydrogens is 719 g/mol. The van der Waals surface area contributed by atoms with E-state index >= 15 is 0 Å². The summed E-state index contributed by atoms with van der Waals surface area (Å²) < 4.78 is 6.78. The number of rotatable bonds is 5. The van der Waals surface area contributed by atoms with Crippen LogP contribution in [-0.4, -0.2) is 15.0 Å². The van der Waals surface area contributed by atoms with Gasteiger partial charge in [0.05, 0.1) is 0 Å². The van der Waals surface area contributed by atoms with Crippen LogP contribution in [0.1, 0.15) is 0 Å². The van der Waals surface area contributed by atoms with Crippen molar-refractivity contribution in [3.05, 3.63) is 200 Å². The van der Waals surface area contributed by atoms with E-state index in [-0.39, 0.29) is 0 Å². The van der Waals surface area contributed by atoms with Gasteiger partial charge in [-0.1, -0.05) is 182 Å². The summed E-state index contributed by atoms with van der Waals surface area (Å²) in [5.41, 5.74) is 9.13. The summed E-state index contributed by atoms with van der Waals surface area (Å²) in [6, 6.07) is 70.5. The van der Waals surface area contributed by atoms with E-state index < -0.39 is 0 Å². The molecule has 0 radical (unpaired) electrons. The summed E-state index contributed by atoms with van der Waals surface area (Å²) >= 11 is 0. The van der Waals surface area contributed by atoms with Crippen LogP contribution in [0.2, 0.25) is 0 Å². The fraction of sp³-hybridized carbons (Fsp3) is 0. The Kier molecular flexibility index (Phi) is 7.50. The molecule has 2 aromatic heterocycles. The molecule has 0 spiro atoms. The van der Waals surface area contributed by atoms with Crippen molar-refractivity contribution in [2.24, 2.45) is 0 Å². The minimum absolute atomic E-state index is 0.631. The Labute approximate surface area is 339 Å². The van der Waals surface area contributed by atoms with E-state index in [0.717, 1.165) is 71.7 Å². The standard InChI is InChI=1S/C55H33N3O/c1-3-14-35(15-4-1)53-56-54(36-16-5-2-6-17-36)58-55(57-53)37-28-26-34(27-29-37)47-33-49-51-39(24-13-25-50(51)59-52(49)46-23-12-11-22-44(46)47)38-30-31-45-42-20-8-7-18-40(42)41-19-9-10-21-43(41)48(45)32-38/h1-33H. The van der Waals surface area contributed by atoms with E-state index in [4.69, 9.17) is 19.4 Å². The van der Waals surface area contributed by atoms with Gasteiger partial charge in [-0.05, 0) is 78.2 Å². The van der Waals surface area contributed by atoms with E-state index in [1.165, 1.54) is 32.3 Å². The molecule has 0 fully saturated rings. The first-order valence-electron chi connectivity index (χ1n) is 19.9. The van der Waals surface area contributed by atoms with Crippen molar-refractivity contribution in [1.82, 2.24) is 15.0 Å². The molecule has 0 saturated carbocycles. The molecule has 4 heteroatoms. The van der Waals surface area contributed by atoms with Gasteiger partial charge < -0.3 is 4.42 Å². The van der Waals surface area contributed by atoms with Crippen LogP contribution in [0.3, 0.4) is 0 Å². The third kappa shape index (κ3) is 5.42. The van der Waals surface area contributed by atoms with Gasteiger partial charge in [0, 0.05) is 32.8 Å². The molecule has 59 heavy (non-hydrogen) atoms. The van der Waals surface area contributed by atoms with Crippen LogP contribution in [-0.2, 0) is 0 Å². The fourth-order valence-electron chi connectivity index (χ4n) is 8.94. The lowest BCUT2D eigenvalue weighted by Crippen LogP contribution is -2.00. The molecular formula is C55H33N3O. The summed E-state index contributed by atoms with van der Waals surface area (Å²) in [6.07, 6.45) is 0. The number of fused-ring (bicyclic) bond motifs is 11. The molecule has 4 nitrogen and oxygen atoms in total. The van der Waals surface area contributed by atoms with E-state index in [1.807, 2.05) is 60.7 Å². The summed E-state index contributed by atoms with van der Waals surface area (Å²) in [5, 5.41) is 12.0. The Morgan fingerprint density at radius 2 is 0.729 bits per heavy atom. The third-order valence-corrected chi connectivity index (χ3v) is 11.7. The van der Waals surface area contributed by atoms with Crippen molar-refractivity contribution >= 4 is 65.0 Å². The van der Waals surface area contributed by atoms with E-state index in [2.05, 4.69) is 140 Å². The van der Waals surface area contributed by atoms with E-state index in [0.29, 0.717) is 17.5 Å². The summed E-state index contributed by atoms with van der Waals surface area (Å²) in [6.45, 7) is 0. The van der Waals surface area contributed by atoms with Crippen molar-refractivity contribution in [3.8, 4) is 56.4 Å². The molecule has 0 bridgehead atoms. The average Bonchev–Trinajstić information content (AvgIpc) is 3.71. The summed E-state index contributed by atoms with van der Waals surface area (Å²) in [5.74, 6) is 1.92. The first kappa shape index (κ1) is 33.2. The SMILES string of the molecule is c1ccc(-c2nc(-c3ccccc3)nc(-c3ccc(-c4cc5c(oc6cccc(-c7ccc8c9ccccc9c9ccccc9c8c7)c65)c5ccccc45)cc3)n2)cc1. The first-order valence-corrected chi connectivity index (χ1v) is 19.9. The maximum Gasteiger partial charge on any atom is 0.164 e. The van der Waals surface area contributed by atoms with Gasteiger partial charge in [0.2, 0.25) is 0 Å². The van der Waals surface area contributed by atoms with Crippen LogP contribution in [0, 0.1) is 0 Å². The summed E-state index contributed by atoms with van der Waals surface area (Å²) in [4.78, 5) is 14.8. The number of aromatic nitrogens is 3. The number of hydrogen-bond donors (Lipinski definition) is 0. The molecule has 0 amide bonds. The van der Waals surface area contributed by atoms with Gasteiger partial charge in [0.15, 0.2) is 17.5 Å². The monoisotopic (exact) mass is 751 g/mol. The van der Waals surface area contributed by atoms with Crippen LogP contribution >= 0.6 is 0 Å². The highest BCUT2D eigenvalue weighted by molar-refractivity contribution is 6.27. The smallest absolute Gasteiger partial charge is 0.164 e. The van der Waals surface area contributed by atoms with Gasteiger partial charge in [-0.25, -0.2) is 15.0 Å². The fourth-order valence-corrected chi connectivity index (χ4v) is 8.94. The normalized spacial score (nSPS) is 11.7. The van der Waals surface area contributed by atoms with Crippen LogP contribution < -0.4 is 0 Å². The molecule has 12 rings (SSSR count). The highest BCUT2D eigenvalue weighted by Crippen LogP contribution is 2.44. The van der Waals surface area contributed by atoms with E-state index in [9.17, 15) is 0 Å². The topological polar surface area (TPSA) is 51.8 Å². The quantitative estimate of drug-likeness (QED) is 0.164. The third-order valence-electron chi connectivity index (χ3n) is 11.7. The summed E-state index contributed by atoms with van der Waals surface area (Å²) in [7, 11) is 0. The van der Waals surface area contributed by atoms with Gasteiger partial charge in [-0.3, -0.25) is 0 Å². The van der Waals surface area contributed by atoms with E-state index in [1.54, 1.807) is 0 Å². The first-order chi connectivity index (χ1) is 29.2. The molecule has 10 aromatic carbocycles. The molecule has 0 aliphatic heterocycles. The Balaban J connectivity index is 1.02. The zero-order valence-corrected chi connectivity index (χ0v) is 31.8. The Morgan fingerprint density at radius 3 is 1.32 bits per heavy atom. The zero-order chi connectivity index (χ0) is 38.9. The average molecular weight is 752 g/mol. The molecule has 2 heterocycles. The second kappa shape index (κ2) is 13.3. The lowest BCUT2D eigenvalue weighted by atomic mass is 9.90. The van der Waals surface area contributed by atoms with Gasteiger partial charge in [-0.2, -0.15) is 0 Å². The largest absolute Gasteiger partial charge is 0.455 e. The number of hydrogen-bond acceptors (Lipinski definition) is 4. The molecule has 0 N–H and O–H groups in total. The Bertz CT molecular complexity index is 3500. The number of furan rings is 1. The molecule has 0 atom stereocenters. The van der Waals surface area contributed by atoms with Crippen LogP contribution in [0.5, 0.6) is 0 Å². The van der Waals surface area contributed by atoms with Gasteiger partial charge in [-0.15, -0.1) is 0 Å². The molecule has 12 aromatic rings. The Hall–Kier alpha value is -7.95. The van der Waals surface area contributed by atoms with Crippen molar-refractivity contribution < 1.29 is 4.42 Å². The van der Waals surface area contributed by atoms with Gasteiger partial charge >= 0.3 is 0 Å². The highest BCUT2D eigenvalue weighted by Gasteiger charge is 2.19. The van der Waals surface area contributed by atoms with Gasteiger partial charge in [0.25, 0.3) is 0 Å². The van der Waals surface area contributed by atoms with Crippen LogP contribution in [0.25, 0.3) is 121 Å². The van der Waals surface area contributed by atoms with Crippen molar-refractivity contribution in [3.63, 3.8) is 0 Å². The lowest BCUT2D eigenvalue weighted by Gasteiger charge is -2.13. The molecule has 0 aliphatic rings. The molecule has 0 unspecified atom stereocenters. The van der Waals surface area contributed by atoms with Gasteiger partial charge in [0.1, 0.15) is 11.2 Å². The van der Waals surface area contributed by atoms with Crippen molar-refractivity contribution in [2.45, 2.75) is 0 Å². The second-order valence-corrected chi connectivity index (χ2v) is 15.1. The van der Waals surface area contributed by atoms with Crippen molar-refractivity contribution in [2.75, 3.05) is 0 Å². The maximum atomic E-state index is 6.78. The van der Waals surface area contributed by atoms with Crippen molar-refractivity contribution in [1.29, 1.82) is 0 Å². The second-order valence-electron chi connectivity index (χ2n) is 15.1. The Morgan fingerprint density at radius 1 is 0.271 bits per heavy atom. The maximum absolute atomic E-state index is 6.78. The lowest BCUT2D eigenvalue weighted by molar-refractivity contribution is 0.673.